The standard InChI is InChI=1S/C11H16N2O2/c1-2-15-11(14)10-12-7-9(13-10)8-5-3-4-6-8/h7-8H,2-6H2,1H3,(H,12,13). The Morgan fingerprint density at radius 2 is 2.33 bits per heavy atom. The molecule has 1 aliphatic rings. The fourth-order valence-electron chi connectivity index (χ4n) is 2.08. The third-order valence-electron chi connectivity index (χ3n) is 2.86. The predicted octanol–water partition coefficient (Wildman–Crippen LogP) is 2.24. The average Bonchev–Trinajstić information content (AvgIpc) is 2.89. The van der Waals surface area contributed by atoms with Gasteiger partial charge >= 0.3 is 5.97 Å². The first-order valence-corrected chi connectivity index (χ1v) is 5.53. The van der Waals surface area contributed by atoms with Crippen molar-refractivity contribution in [3.05, 3.63) is 17.7 Å². The smallest absolute Gasteiger partial charge is 0.374 e. The van der Waals surface area contributed by atoms with Crippen LogP contribution in [0.3, 0.4) is 0 Å². The number of ether oxygens (including phenoxy) is 1. The van der Waals surface area contributed by atoms with Crippen molar-refractivity contribution in [2.75, 3.05) is 6.61 Å². The highest BCUT2D eigenvalue weighted by molar-refractivity contribution is 5.85. The van der Waals surface area contributed by atoms with E-state index in [2.05, 4.69) is 9.97 Å². The summed E-state index contributed by atoms with van der Waals surface area (Å²) in [5.74, 6) is 0.529. The summed E-state index contributed by atoms with van der Waals surface area (Å²) < 4.78 is 4.87. The van der Waals surface area contributed by atoms with Gasteiger partial charge in [-0.2, -0.15) is 0 Å². The molecule has 0 atom stereocenters. The quantitative estimate of drug-likeness (QED) is 0.775. The summed E-state index contributed by atoms with van der Waals surface area (Å²) in [6.45, 7) is 2.18. The third kappa shape index (κ3) is 2.19. The highest BCUT2D eigenvalue weighted by atomic mass is 16.5. The SMILES string of the molecule is CCOC(=O)c1ncc(C2CCCC2)[nH]1. The second-order valence-electron chi connectivity index (χ2n) is 3.89. The number of carbonyl (C=O) groups is 1. The maximum absolute atomic E-state index is 11.4. The summed E-state index contributed by atoms with van der Waals surface area (Å²) >= 11 is 0. The summed E-state index contributed by atoms with van der Waals surface area (Å²) in [6, 6.07) is 0. The van der Waals surface area contributed by atoms with Crippen LogP contribution < -0.4 is 0 Å². The van der Waals surface area contributed by atoms with Crippen LogP contribution in [-0.2, 0) is 4.74 Å². The van der Waals surface area contributed by atoms with Gasteiger partial charge in [0.15, 0.2) is 0 Å². The van der Waals surface area contributed by atoms with Crippen LogP contribution in [0.4, 0.5) is 0 Å². The van der Waals surface area contributed by atoms with E-state index < -0.39 is 0 Å². The Bertz CT molecular complexity index is 340. The van der Waals surface area contributed by atoms with Gasteiger partial charge in [0, 0.05) is 17.8 Å². The van der Waals surface area contributed by atoms with E-state index in [1.54, 1.807) is 13.1 Å². The van der Waals surface area contributed by atoms with Gasteiger partial charge in [-0.3, -0.25) is 0 Å². The zero-order chi connectivity index (χ0) is 10.7. The molecule has 1 N–H and O–H groups in total. The molecule has 1 aromatic heterocycles. The molecule has 0 bridgehead atoms. The Hall–Kier alpha value is -1.32. The molecule has 1 aliphatic carbocycles. The summed E-state index contributed by atoms with van der Waals surface area (Å²) in [6.07, 6.45) is 6.72. The lowest BCUT2D eigenvalue weighted by molar-refractivity contribution is 0.0513. The molecule has 0 aromatic carbocycles. The maximum atomic E-state index is 11.4. The average molecular weight is 208 g/mol. The largest absolute Gasteiger partial charge is 0.460 e. The first kappa shape index (κ1) is 10.2. The lowest BCUT2D eigenvalue weighted by Crippen LogP contribution is -2.07. The molecule has 2 rings (SSSR count). The minimum absolute atomic E-state index is 0.332. The molecule has 1 fully saturated rings. The van der Waals surface area contributed by atoms with E-state index in [-0.39, 0.29) is 5.97 Å². The number of carbonyl (C=O) groups excluding carboxylic acids is 1. The van der Waals surface area contributed by atoms with Crippen molar-refractivity contribution in [2.45, 2.75) is 38.5 Å². The monoisotopic (exact) mass is 208 g/mol. The van der Waals surface area contributed by atoms with E-state index in [9.17, 15) is 4.79 Å². The molecule has 1 heterocycles. The molecular weight excluding hydrogens is 192 g/mol. The maximum Gasteiger partial charge on any atom is 0.374 e. The molecule has 15 heavy (non-hydrogen) atoms. The van der Waals surface area contributed by atoms with E-state index >= 15 is 0 Å². The number of nitrogens with zero attached hydrogens (tertiary/aromatic N) is 1. The van der Waals surface area contributed by atoms with Crippen LogP contribution in [0.25, 0.3) is 0 Å². The van der Waals surface area contributed by atoms with E-state index in [0.717, 1.165) is 5.69 Å². The number of H-pyrrole nitrogens is 1. The number of aromatic amines is 1. The Morgan fingerprint density at radius 1 is 1.60 bits per heavy atom. The molecule has 4 heteroatoms. The van der Waals surface area contributed by atoms with Gasteiger partial charge in [0.1, 0.15) is 0 Å². The summed E-state index contributed by atoms with van der Waals surface area (Å²) in [5.41, 5.74) is 1.08. The zero-order valence-corrected chi connectivity index (χ0v) is 8.95. The van der Waals surface area contributed by atoms with Crippen molar-refractivity contribution in [2.24, 2.45) is 0 Å². The van der Waals surface area contributed by atoms with Crippen LogP contribution in [0.2, 0.25) is 0 Å². The van der Waals surface area contributed by atoms with Crippen LogP contribution in [0.5, 0.6) is 0 Å². The van der Waals surface area contributed by atoms with Crippen molar-refractivity contribution in [1.29, 1.82) is 0 Å². The van der Waals surface area contributed by atoms with Gasteiger partial charge in [0.25, 0.3) is 0 Å². The van der Waals surface area contributed by atoms with E-state index in [0.29, 0.717) is 18.3 Å². The predicted molar refractivity (Wildman–Crippen MR) is 55.8 cm³/mol. The van der Waals surface area contributed by atoms with Gasteiger partial charge in [-0.25, -0.2) is 9.78 Å². The molecule has 0 aliphatic heterocycles. The fourth-order valence-corrected chi connectivity index (χ4v) is 2.08. The van der Waals surface area contributed by atoms with Gasteiger partial charge in [0.2, 0.25) is 5.82 Å². The number of rotatable bonds is 3. The van der Waals surface area contributed by atoms with Gasteiger partial charge in [-0.15, -0.1) is 0 Å². The number of esters is 1. The van der Waals surface area contributed by atoms with Crippen LogP contribution in [0, 0.1) is 0 Å². The molecule has 82 valence electrons. The minimum atomic E-state index is -0.359. The summed E-state index contributed by atoms with van der Waals surface area (Å²) in [4.78, 5) is 18.5. The number of nitrogens with one attached hydrogen (secondary N) is 1. The van der Waals surface area contributed by atoms with E-state index in [1.165, 1.54) is 25.7 Å². The molecule has 1 saturated carbocycles. The molecule has 1 aromatic rings. The Morgan fingerprint density at radius 3 is 3.00 bits per heavy atom. The highest BCUT2D eigenvalue weighted by Gasteiger charge is 2.20. The molecule has 0 amide bonds. The van der Waals surface area contributed by atoms with Crippen LogP contribution in [0.1, 0.15) is 54.8 Å². The second kappa shape index (κ2) is 4.47. The zero-order valence-electron chi connectivity index (χ0n) is 8.95. The number of hydrogen-bond donors (Lipinski definition) is 1. The van der Waals surface area contributed by atoms with Crippen LogP contribution in [0.15, 0.2) is 6.20 Å². The van der Waals surface area contributed by atoms with Gasteiger partial charge < -0.3 is 9.72 Å². The van der Waals surface area contributed by atoms with E-state index in [1.807, 2.05) is 0 Å². The van der Waals surface area contributed by atoms with E-state index in [4.69, 9.17) is 4.74 Å². The first-order chi connectivity index (χ1) is 7.31. The first-order valence-electron chi connectivity index (χ1n) is 5.53. The van der Waals surface area contributed by atoms with Crippen LogP contribution in [-0.4, -0.2) is 22.5 Å². The lowest BCUT2D eigenvalue weighted by Gasteiger charge is -2.04. The molecule has 0 radical (unpaired) electrons. The Balaban J connectivity index is 2.06. The summed E-state index contributed by atoms with van der Waals surface area (Å²) in [5, 5.41) is 0. The molecular formula is C11H16N2O2. The number of hydrogen-bond acceptors (Lipinski definition) is 3. The third-order valence-corrected chi connectivity index (χ3v) is 2.86. The Kier molecular flexibility index (Phi) is 3.04. The second-order valence-corrected chi connectivity index (χ2v) is 3.89. The molecule has 0 spiro atoms. The van der Waals surface area contributed by atoms with Crippen molar-refractivity contribution in [3.63, 3.8) is 0 Å². The normalized spacial score (nSPS) is 16.9. The Labute approximate surface area is 89.0 Å². The van der Waals surface area contributed by atoms with Crippen LogP contribution >= 0.6 is 0 Å². The van der Waals surface area contributed by atoms with Crippen molar-refractivity contribution in [3.8, 4) is 0 Å². The molecule has 0 unspecified atom stereocenters. The van der Waals surface area contributed by atoms with Crippen molar-refractivity contribution >= 4 is 5.97 Å². The van der Waals surface area contributed by atoms with Gasteiger partial charge in [0.05, 0.1) is 6.61 Å². The van der Waals surface area contributed by atoms with Gasteiger partial charge in [-0.1, -0.05) is 12.8 Å². The fraction of sp³-hybridized carbons (Fsp3) is 0.636. The minimum Gasteiger partial charge on any atom is -0.460 e. The van der Waals surface area contributed by atoms with Crippen molar-refractivity contribution < 1.29 is 9.53 Å². The summed E-state index contributed by atoms with van der Waals surface area (Å²) in [7, 11) is 0. The topological polar surface area (TPSA) is 55.0 Å². The number of imidazole rings is 1. The van der Waals surface area contributed by atoms with Gasteiger partial charge in [-0.05, 0) is 19.8 Å². The van der Waals surface area contributed by atoms with Crippen molar-refractivity contribution in [1.82, 2.24) is 9.97 Å². The number of aromatic nitrogens is 2. The lowest BCUT2D eigenvalue weighted by atomic mass is 10.1. The molecule has 0 saturated heterocycles. The molecule has 4 nitrogen and oxygen atoms in total. The highest BCUT2D eigenvalue weighted by Crippen LogP contribution is 2.32.